The number of hydrogen-bond donors (Lipinski definition) is 1. The molecule has 1 aromatic carbocycles. The van der Waals surface area contributed by atoms with E-state index in [4.69, 9.17) is 9.73 Å². The number of nitrogens with one attached hydrogen (secondary N) is 1. The summed E-state index contributed by atoms with van der Waals surface area (Å²) in [4.78, 5) is 9.83. The molecule has 2 aliphatic heterocycles. The van der Waals surface area contributed by atoms with E-state index in [1.165, 1.54) is 31.5 Å². The first-order valence-electron chi connectivity index (χ1n) is 10.6. The maximum atomic E-state index is 5.51. The van der Waals surface area contributed by atoms with Crippen molar-refractivity contribution in [1.29, 1.82) is 0 Å². The number of likely N-dealkylation sites (tertiary alicyclic amines) is 1. The number of nitrogens with zero attached hydrogens (tertiary/aromatic N) is 3. The lowest BCUT2D eigenvalue weighted by atomic mass is 10.1. The number of ether oxygens (including phenoxy) is 1. The van der Waals surface area contributed by atoms with Gasteiger partial charge in [-0.1, -0.05) is 30.3 Å². The van der Waals surface area contributed by atoms with Gasteiger partial charge >= 0.3 is 0 Å². The topological polar surface area (TPSA) is 40.1 Å². The van der Waals surface area contributed by atoms with Gasteiger partial charge in [-0.25, -0.2) is 0 Å². The Hall–Kier alpha value is -0.860. The average Bonchev–Trinajstić information content (AvgIpc) is 3.36. The van der Waals surface area contributed by atoms with Crippen LogP contribution >= 0.6 is 24.0 Å². The fraction of sp³-hybridized carbons (Fsp3) is 0.682. The van der Waals surface area contributed by atoms with Crippen LogP contribution in [0, 0.1) is 11.8 Å². The van der Waals surface area contributed by atoms with Crippen LogP contribution in [0.3, 0.4) is 0 Å². The second-order valence-electron chi connectivity index (χ2n) is 8.00. The summed E-state index contributed by atoms with van der Waals surface area (Å²) >= 11 is 0. The summed E-state index contributed by atoms with van der Waals surface area (Å²) < 4.78 is 5.51. The van der Waals surface area contributed by atoms with Gasteiger partial charge in [-0.15, -0.1) is 24.0 Å². The molecule has 158 valence electrons. The van der Waals surface area contributed by atoms with Crippen molar-refractivity contribution in [2.45, 2.75) is 26.2 Å². The molecule has 2 heterocycles. The minimum atomic E-state index is 0. The number of halogens is 1. The molecule has 5 nitrogen and oxygen atoms in total. The SMILES string of the molecule is CCNC(=NCC1CCN(CCc2ccccc2)C1)N(C)CC1CCOC1.I. The highest BCUT2D eigenvalue weighted by atomic mass is 127. The second-order valence-corrected chi connectivity index (χ2v) is 8.00. The monoisotopic (exact) mass is 500 g/mol. The smallest absolute Gasteiger partial charge is 0.193 e. The molecule has 2 atom stereocenters. The van der Waals surface area contributed by atoms with Gasteiger partial charge in [0.2, 0.25) is 0 Å². The van der Waals surface area contributed by atoms with Crippen LogP contribution in [0.1, 0.15) is 25.3 Å². The highest BCUT2D eigenvalue weighted by molar-refractivity contribution is 14.0. The van der Waals surface area contributed by atoms with Crippen LogP contribution in [0.2, 0.25) is 0 Å². The Morgan fingerprint density at radius 3 is 2.79 bits per heavy atom. The van der Waals surface area contributed by atoms with Crippen molar-refractivity contribution in [3.05, 3.63) is 35.9 Å². The first kappa shape index (κ1) is 23.4. The molecule has 0 spiro atoms. The van der Waals surface area contributed by atoms with Crippen molar-refractivity contribution in [3.63, 3.8) is 0 Å². The lowest BCUT2D eigenvalue weighted by molar-refractivity contribution is 0.181. The van der Waals surface area contributed by atoms with Crippen molar-refractivity contribution < 1.29 is 4.74 Å². The first-order chi connectivity index (χ1) is 13.2. The molecule has 1 N–H and O–H groups in total. The molecule has 0 aromatic heterocycles. The fourth-order valence-electron chi connectivity index (χ4n) is 4.08. The van der Waals surface area contributed by atoms with E-state index >= 15 is 0 Å². The molecule has 6 heteroatoms. The van der Waals surface area contributed by atoms with Gasteiger partial charge < -0.3 is 19.9 Å². The third-order valence-corrected chi connectivity index (χ3v) is 5.68. The molecule has 2 unspecified atom stereocenters. The average molecular weight is 500 g/mol. The zero-order valence-electron chi connectivity index (χ0n) is 17.5. The van der Waals surface area contributed by atoms with E-state index in [1.807, 2.05) is 0 Å². The highest BCUT2D eigenvalue weighted by Crippen LogP contribution is 2.18. The van der Waals surface area contributed by atoms with E-state index in [0.29, 0.717) is 11.8 Å². The van der Waals surface area contributed by atoms with Gasteiger partial charge in [-0.05, 0) is 44.2 Å². The second kappa shape index (κ2) is 12.6. The normalized spacial score (nSPS) is 22.9. The van der Waals surface area contributed by atoms with Crippen molar-refractivity contribution in [2.75, 3.05) is 59.5 Å². The lowest BCUT2D eigenvalue weighted by Gasteiger charge is -2.25. The third-order valence-electron chi connectivity index (χ3n) is 5.68. The van der Waals surface area contributed by atoms with Crippen molar-refractivity contribution in [2.24, 2.45) is 16.8 Å². The summed E-state index contributed by atoms with van der Waals surface area (Å²) in [5, 5.41) is 3.46. The summed E-state index contributed by atoms with van der Waals surface area (Å²) in [5.41, 5.74) is 1.44. The molecule has 2 saturated heterocycles. The van der Waals surface area contributed by atoms with Crippen LogP contribution in [0.15, 0.2) is 35.3 Å². The van der Waals surface area contributed by atoms with Gasteiger partial charge in [0.25, 0.3) is 0 Å². The molecular weight excluding hydrogens is 463 g/mol. The van der Waals surface area contributed by atoms with Crippen molar-refractivity contribution in [1.82, 2.24) is 15.1 Å². The van der Waals surface area contributed by atoms with E-state index in [9.17, 15) is 0 Å². The molecule has 2 fully saturated rings. The molecule has 1 aromatic rings. The van der Waals surface area contributed by atoms with Crippen LogP contribution < -0.4 is 5.32 Å². The van der Waals surface area contributed by atoms with Crippen LogP contribution in [0.4, 0.5) is 0 Å². The van der Waals surface area contributed by atoms with Crippen molar-refractivity contribution >= 4 is 29.9 Å². The number of guanidine groups is 1. The molecule has 28 heavy (non-hydrogen) atoms. The number of aliphatic imine (C=N–C) groups is 1. The molecular formula is C22H37IN4O. The van der Waals surface area contributed by atoms with E-state index in [-0.39, 0.29) is 24.0 Å². The van der Waals surface area contributed by atoms with E-state index in [2.05, 4.69) is 59.4 Å². The summed E-state index contributed by atoms with van der Waals surface area (Å²) in [6, 6.07) is 10.8. The van der Waals surface area contributed by atoms with E-state index < -0.39 is 0 Å². The molecule has 2 aliphatic rings. The van der Waals surface area contributed by atoms with Crippen LogP contribution in [-0.2, 0) is 11.2 Å². The maximum absolute atomic E-state index is 5.51. The van der Waals surface area contributed by atoms with Gasteiger partial charge in [-0.3, -0.25) is 4.99 Å². The standard InChI is InChI=1S/C22H36N4O.HI/c1-3-23-22(25(2)16-21-11-14-27-18-21)24-15-20-10-13-26(17-20)12-9-19-7-5-4-6-8-19;/h4-8,20-21H,3,9-18H2,1-2H3,(H,23,24);1H. The van der Waals surface area contributed by atoms with E-state index in [0.717, 1.165) is 51.8 Å². The minimum Gasteiger partial charge on any atom is -0.381 e. The quantitative estimate of drug-likeness (QED) is 0.339. The Morgan fingerprint density at radius 1 is 1.25 bits per heavy atom. The maximum Gasteiger partial charge on any atom is 0.193 e. The summed E-state index contributed by atoms with van der Waals surface area (Å²) in [5.74, 6) is 2.36. The van der Waals surface area contributed by atoms with Crippen LogP contribution in [0.25, 0.3) is 0 Å². The molecule has 0 aliphatic carbocycles. The predicted molar refractivity (Wildman–Crippen MR) is 128 cm³/mol. The molecule has 0 bridgehead atoms. The zero-order valence-corrected chi connectivity index (χ0v) is 19.8. The number of benzene rings is 1. The summed E-state index contributed by atoms with van der Waals surface area (Å²) in [6.45, 7) is 10.4. The number of rotatable bonds is 8. The lowest BCUT2D eigenvalue weighted by Crippen LogP contribution is -2.41. The van der Waals surface area contributed by atoms with Gasteiger partial charge in [0.05, 0.1) is 6.61 Å². The van der Waals surface area contributed by atoms with Gasteiger partial charge in [0.15, 0.2) is 5.96 Å². The Balaban J connectivity index is 0.00000280. The van der Waals surface area contributed by atoms with Gasteiger partial charge in [-0.2, -0.15) is 0 Å². The Kier molecular flexibility index (Phi) is 10.6. The zero-order chi connectivity index (χ0) is 18.9. The molecule has 0 radical (unpaired) electrons. The van der Waals surface area contributed by atoms with E-state index in [1.54, 1.807) is 0 Å². The number of hydrogen-bond acceptors (Lipinski definition) is 3. The Bertz CT molecular complexity index is 577. The third kappa shape index (κ3) is 7.52. The van der Waals surface area contributed by atoms with Gasteiger partial charge in [0, 0.05) is 52.3 Å². The highest BCUT2D eigenvalue weighted by Gasteiger charge is 2.23. The van der Waals surface area contributed by atoms with Crippen LogP contribution in [-0.4, -0.2) is 75.3 Å². The first-order valence-corrected chi connectivity index (χ1v) is 10.6. The summed E-state index contributed by atoms with van der Waals surface area (Å²) in [6.07, 6.45) is 3.58. The minimum absolute atomic E-state index is 0. The van der Waals surface area contributed by atoms with Crippen molar-refractivity contribution in [3.8, 4) is 0 Å². The largest absolute Gasteiger partial charge is 0.381 e. The predicted octanol–water partition coefficient (Wildman–Crippen LogP) is 3.10. The Labute approximate surface area is 187 Å². The molecule has 3 rings (SSSR count). The summed E-state index contributed by atoms with van der Waals surface area (Å²) in [7, 11) is 2.15. The molecule has 0 amide bonds. The fourth-order valence-corrected chi connectivity index (χ4v) is 4.08. The molecule has 0 saturated carbocycles. The van der Waals surface area contributed by atoms with Gasteiger partial charge in [0.1, 0.15) is 0 Å². The Morgan fingerprint density at radius 2 is 2.07 bits per heavy atom. The van der Waals surface area contributed by atoms with Crippen LogP contribution in [0.5, 0.6) is 0 Å².